The predicted molar refractivity (Wildman–Crippen MR) is 103 cm³/mol. The fraction of sp³-hybridized carbons (Fsp3) is 0.600. The van der Waals surface area contributed by atoms with Gasteiger partial charge in [0, 0.05) is 6.54 Å². The molecule has 2 N–H and O–H groups in total. The molecule has 1 aromatic carbocycles. The van der Waals surface area contributed by atoms with Gasteiger partial charge in [-0.15, -0.1) is 0 Å². The highest BCUT2D eigenvalue weighted by atomic mass is 16.6. The summed E-state index contributed by atoms with van der Waals surface area (Å²) in [4.78, 5) is 25.4. The van der Waals surface area contributed by atoms with Crippen molar-refractivity contribution >= 4 is 12.1 Å². The lowest BCUT2D eigenvalue weighted by Gasteiger charge is -2.26. The number of rotatable bonds is 9. The van der Waals surface area contributed by atoms with E-state index >= 15 is 0 Å². The molecule has 146 valence electrons. The Hall–Kier alpha value is -2.08. The Bertz CT molecular complexity index is 601. The number of amides is 1. The van der Waals surface area contributed by atoms with Crippen LogP contribution in [0.4, 0.5) is 4.79 Å². The first-order chi connectivity index (χ1) is 12.1. The average molecular weight is 364 g/mol. The molecule has 0 radical (unpaired) electrons. The van der Waals surface area contributed by atoms with Gasteiger partial charge in [-0.2, -0.15) is 0 Å². The molecule has 0 aliphatic heterocycles. The Morgan fingerprint density at radius 2 is 1.88 bits per heavy atom. The highest BCUT2D eigenvalue weighted by molar-refractivity contribution is 5.81. The fourth-order valence-corrected chi connectivity index (χ4v) is 3.26. The summed E-state index contributed by atoms with van der Waals surface area (Å²) >= 11 is 0. The largest absolute Gasteiger partial charge is 0.480 e. The smallest absolute Gasteiger partial charge is 0.413 e. The molecule has 0 aromatic heterocycles. The molecule has 0 aliphatic rings. The van der Waals surface area contributed by atoms with E-state index in [9.17, 15) is 9.59 Å². The van der Waals surface area contributed by atoms with Crippen LogP contribution in [0.15, 0.2) is 24.3 Å². The van der Waals surface area contributed by atoms with E-state index in [4.69, 9.17) is 9.84 Å². The molecule has 0 bridgehead atoms. The van der Waals surface area contributed by atoms with Crippen molar-refractivity contribution in [3.05, 3.63) is 29.8 Å². The lowest BCUT2D eigenvalue weighted by Crippen LogP contribution is -2.45. The molecular weight excluding hydrogens is 332 g/mol. The molecule has 1 rings (SSSR count). The molecule has 26 heavy (non-hydrogen) atoms. The van der Waals surface area contributed by atoms with Crippen LogP contribution < -0.4 is 10.1 Å². The SMILES string of the molecule is CCC(c1cccc(OC(=O)N[C@@H](C(=O)O)C(C)C)c1)C(C)CN(C)C. The van der Waals surface area contributed by atoms with Gasteiger partial charge in [0.25, 0.3) is 0 Å². The number of carbonyl (C=O) groups excluding carboxylic acids is 1. The Morgan fingerprint density at radius 1 is 1.23 bits per heavy atom. The van der Waals surface area contributed by atoms with Crippen molar-refractivity contribution in [3.8, 4) is 5.75 Å². The summed E-state index contributed by atoms with van der Waals surface area (Å²) in [7, 11) is 4.11. The second kappa shape index (κ2) is 10.2. The predicted octanol–water partition coefficient (Wildman–Crippen LogP) is 3.58. The summed E-state index contributed by atoms with van der Waals surface area (Å²) < 4.78 is 5.32. The Kier molecular flexibility index (Phi) is 8.58. The van der Waals surface area contributed by atoms with Crippen LogP contribution in [-0.4, -0.2) is 48.8 Å². The fourth-order valence-electron chi connectivity index (χ4n) is 3.26. The maximum atomic E-state index is 12.1. The summed E-state index contributed by atoms with van der Waals surface area (Å²) in [5.41, 5.74) is 1.12. The minimum Gasteiger partial charge on any atom is -0.480 e. The van der Waals surface area contributed by atoms with Crippen LogP contribution in [0.1, 0.15) is 45.6 Å². The van der Waals surface area contributed by atoms with E-state index in [0.717, 1.165) is 18.5 Å². The van der Waals surface area contributed by atoms with Crippen LogP contribution in [-0.2, 0) is 4.79 Å². The summed E-state index contributed by atoms with van der Waals surface area (Å²) in [6.45, 7) is 8.81. The molecule has 0 saturated heterocycles. The Balaban J connectivity index is 2.85. The van der Waals surface area contributed by atoms with Gasteiger partial charge in [0.15, 0.2) is 0 Å². The second-order valence-corrected chi connectivity index (χ2v) is 7.42. The molecular formula is C20H32N2O4. The first-order valence-electron chi connectivity index (χ1n) is 9.11. The van der Waals surface area contributed by atoms with Gasteiger partial charge < -0.3 is 20.1 Å². The minimum absolute atomic E-state index is 0.234. The monoisotopic (exact) mass is 364 g/mol. The number of carboxylic acid groups (broad SMARTS) is 1. The number of aliphatic carboxylic acids is 1. The number of nitrogens with zero attached hydrogens (tertiary/aromatic N) is 1. The first-order valence-corrected chi connectivity index (χ1v) is 9.11. The second-order valence-electron chi connectivity index (χ2n) is 7.42. The molecule has 3 atom stereocenters. The van der Waals surface area contributed by atoms with Crippen molar-refractivity contribution in [3.63, 3.8) is 0 Å². The third-order valence-electron chi connectivity index (χ3n) is 4.48. The number of ether oxygens (including phenoxy) is 1. The van der Waals surface area contributed by atoms with Crippen molar-refractivity contribution in [2.75, 3.05) is 20.6 Å². The van der Waals surface area contributed by atoms with Gasteiger partial charge in [0.05, 0.1) is 0 Å². The van der Waals surface area contributed by atoms with Crippen LogP contribution in [0.2, 0.25) is 0 Å². The highest BCUT2D eigenvalue weighted by Gasteiger charge is 2.24. The maximum Gasteiger partial charge on any atom is 0.413 e. The minimum atomic E-state index is -1.07. The average Bonchev–Trinajstić information content (AvgIpc) is 2.52. The molecule has 1 amide bonds. The molecule has 6 heteroatoms. The van der Waals surface area contributed by atoms with E-state index in [1.54, 1.807) is 19.9 Å². The van der Waals surface area contributed by atoms with Gasteiger partial charge in [0.2, 0.25) is 0 Å². The number of hydrogen-bond donors (Lipinski definition) is 2. The van der Waals surface area contributed by atoms with Gasteiger partial charge in [-0.05, 0) is 56.0 Å². The molecule has 2 unspecified atom stereocenters. The molecule has 0 aliphatic carbocycles. The van der Waals surface area contributed by atoms with Gasteiger partial charge in [-0.1, -0.05) is 39.8 Å². The van der Waals surface area contributed by atoms with E-state index < -0.39 is 18.1 Å². The van der Waals surface area contributed by atoms with Crippen LogP contribution in [0.3, 0.4) is 0 Å². The quantitative estimate of drug-likeness (QED) is 0.700. The summed E-state index contributed by atoms with van der Waals surface area (Å²) in [5, 5.41) is 11.6. The lowest BCUT2D eigenvalue weighted by molar-refractivity contribution is -0.140. The number of carbonyl (C=O) groups is 2. The van der Waals surface area contributed by atoms with Gasteiger partial charge in [-0.3, -0.25) is 0 Å². The Labute approximate surface area is 156 Å². The van der Waals surface area contributed by atoms with Crippen molar-refractivity contribution in [1.29, 1.82) is 0 Å². The molecule has 0 saturated carbocycles. The van der Waals surface area contributed by atoms with E-state index in [1.807, 2.05) is 18.2 Å². The van der Waals surface area contributed by atoms with Gasteiger partial charge in [-0.25, -0.2) is 9.59 Å². The number of nitrogens with one attached hydrogen (secondary N) is 1. The molecule has 0 fully saturated rings. The molecule has 1 aromatic rings. The third-order valence-corrected chi connectivity index (χ3v) is 4.48. The topological polar surface area (TPSA) is 78.9 Å². The van der Waals surface area contributed by atoms with Crippen molar-refractivity contribution in [2.24, 2.45) is 11.8 Å². The molecule has 0 heterocycles. The van der Waals surface area contributed by atoms with Crippen LogP contribution in [0, 0.1) is 11.8 Å². The Morgan fingerprint density at radius 3 is 2.38 bits per heavy atom. The van der Waals surface area contributed by atoms with E-state index in [2.05, 4.69) is 38.2 Å². The number of hydrogen-bond acceptors (Lipinski definition) is 4. The van der Waals surface area contributed by atoms with Crippen molar-refractivity contribution in [1.82, 2.24) is 10.2 Å². The van der Waals surface area contributed by atoms with E-state index in [-0.39, 0.29) is 5.92 Å². The molecule has 6 nitrogen and oxygen atoms in total. The highest BCUT2D eigenvalue weighted by Crippen LogP contribution is 2.30. The molecule has 0 spiro atoms. The van der Waals surface area contributed by atoms with E-state index in [1.165, 1.54) is 0 Å². The van der Waals surface area contributed by atoms with Crippen LogP contribution in [0.5, 0.6) is 5.75 Å². The number of benzene rings is 1. The maximum absolute atomic E-state index is 12.1. The van der Waals surface area contributed by atoms with Crippen LogP contribution >= 0.6 is 0 Å². The lowest BCUT2D eigenvalue weighted by atomic mass is 9.85. The summed E-state index contributed by atoms with van der Waals surface area (Å²) in [5.74, 6) is -0.0803. The summed E-state index contributed by atoms with van der Waals surface area (Å²) in [6.07, 6.45) is 0.233. The number of carboxylic acids is 1. The van der Waals surface area contributed by atoms with Crippen molar-refractivity contribution in [2.45, 2.75) is 46.1 Å². The van der Waals surface area contributed by atoms with Crippen LogP contribution in [0.25, 0.3) is 0 Å². The summed E-state index contributed by atoms with van der Waals surface area (Å²) in [6, 6.07) is 6.50. The third kappa shape index (κ3) is 6.67. The van der Waals surface area contributed by atoms with Gasteiger partial charge in [0.1, 0.15) is 11.8 Å². The normalized spacial score (nSPS) is 14.8. The zero-order valence-corrected chi connectivity index (χ0v) is 16.7. The van der Waals surface area contributed by atoms with Gasteiger partial charge >= 0.3 is 12.1 Å². The van der Waals surface area contributed by atoms with Crippen molar-refractivity contribution < 1.29 is 19.4 Å². The zero-order valence-electron chi connectivity index (χ0n) is 16.7. The van der Waals surface area contributed by atoms with E-state index in [0.29, 0.717) is 17.6 Å². The standard InChI is InChI=1S/C20H32N2O4/c1-7-17(14(4)12-22(5)6)15-9-8-10-16(11-15)26-20(25)21-18(13(2)3)19(23)24/h8-11,13-14,17-18H,7,12H2,1-6H3,(H,21,25)(H,23,24)/t14?,17?,18-/m1/s1. The first kappa shape index (κ1) is 22.0. The zero-order chi connectivity index (χ0) is 19.9.